The van der Waals surface area contributed by atoms with Crippen molar-refractivity contribution >= 4 is 39.3 Å². The average molecular weight is 320 g/mol. The monoisotopic (exact) mass is 318 g/mol. The van der Waals surface area contributed by atoms with E-state index in [9.17, 15) is 9.59 Å². The van der Waals surface area contributed by atoms with Crippen molar-refractivity contribution in [1.82, 2.24) is 0 Å². The zero-order valence-corrected chi connectivity index (χ0v) is 11.8. The van der Waals surface area contributed by atoms with Crippen LogP contribution in [0, 0.1) is 0 Å². The van der Waals surface area contributed by atoms with E-state index >= 15 is 0 Å². The Balaban J connectivity index is 3.21. The number of halogens is 2. The number of carbonyl (C=O) groups excluding carboxylic acids is 2. The number of carbonyl (C=O) groups is 2. The maximum atomic E-state index is 11.7. The molecule has 0 saturated heterocycles. The summed E-state index contributed by atoms with van der Waals surface area (Å²) in [4.78, 5) is 23.0. The summed E-state index contributed by atoms with van der Waals surface area (Å²) in [5.41, 5.74) is 0.789. The lowest BCUT2D eigenvalue weighted by molar-refractivity contribution is -0.116. The first-order valence-electron chi connectivity index (χ1n) is 5.08. The van der Waals surface area contributed by atoms with Crippen LogP contribution < -0.4 is 0 Å². The highest BCUT2D eigenvalue weighted by Gasteiger charge is 2.21. The third kappa shape index (κ3) is 3.54. The second kappa shape index (κ2) is 6.17. The van der Waals surface area contributed by atoms with Gasteiger partial charge >= 0.3 is 5.97 Å². The Morgan fingerprint density at radius 3 is 2.65 bits per heavy atom. The van der Waals surface area contributed by atoms with Gasteiger partial charge in [0.15, 0.2) is 5.78 Å². The molecule has 0 fully saturated rings. The van der Waals surface area contributed by atoms with Gasteiger partial charge in [-0.05, 0) is 31.5 Å². The molecule has 1 rings (SSSR count). The third-order valence-electron chi connectivity index (χ3n) is 2.14. The molecule has 0 heterocycles. The number of hydrogen-bond acceptors (Lipinski definition) is 3. The van der Waals surface area contributed by atoms with Crippen LogP contribution in [-0.2, 0) is 9.53 Å². The Hall–Kier alpha value is -0.870. The van der Waals surface area contributed by atoms with E-state index in [1.165, 1.54) is 6.92 Å². The lowest BCUT2D eigenvalue weighted by Crippen LogP contribution is -2.12. The molecule has 1 unspecified atom stereocenters. The topological polar surface area (TPSA) is 43.4 Å². The Morgan fingerprint density at radius 2 is 2.12 bits per heavy atom. The van der Waals surface area contributed by atoms with Gasteiger partial charge in [-0.2, -0.15) is 0 Å². The number of ether oxygens (including phenoxy) is 1. The molecule has 0 spiro atoms. The van der Waals surface area contributed by atoms with Gasteiger partial charge in [0.1, 0.15) is 5.38 Å². The lowest BCUT2D eigenvalue weighted by Gasteiger charge is -2.12. The molecule has 0 aliphatic carbocycles. The van der Waals surface area contributed by atoms with E-state index in [4.69, 9.17) is 16.3 Å². The van der Waals surface area contributed by atoms with Crippen molar-refractivity contribution in [2.75, 3.05) is 6.61 Å². The van der Waals surface area contributed by atoms with E-state index in [-0.39, 0.29) is 12.4 Å². The summed E-state index contributed by atoms with van der Waals surface area (Å²) in [6, 6.07) is 4.98. The molecule has 0 radical (unpaired) electrons. The Morgan fingerprint density at radius 1 is 1.47 bits per heavy atom. The second-order valence-corrected chi connectivity index (χ2v) is 4.78. The number of rotatable bonds is 4. The molecule has 0 amide bonds. The van der Waals surface area contributed by atoms with Crippen molar-refractivity contribution in [2.24, 2.45) is 0 Å². The minimum absolute atomic E-state index is 0.209. The quantitative estimate of drug-likeness (QED) is 0.630. The number of esters is 1. The summed E-state index contributed by atoms with van der Waals surface area (Å²) in [6.07, 6.45) is 0. The normalized spacial score (nSPS) is 12.0. The van der Waals surface area contributed by atoms with Gasteiger partial charge in [0, 0.05) is 4.47 Å². The fourth-order valence-electron chi connectivity index (χ4n) is 1.35. The fourth-order valence-corrected chi connectivity index (χ4v) is 1.91. The highest BCUT2D eigenvalue weighted by molar-refractivity contribution is 9.10. The smallest absolute Gasteiger partial charge is 0.338 e. The standard InChI is InChI=1S/C12H12BrClO3/c1-3-17-12(16)10-6-8(13)4-5-9(10)11(14)7(2)15/h4-6,11H,3H2,1-2H3. The van der Waals surface area contributed by atoms with Crippen LogP contribution in [0.1, 0.15) is 35.1 Å². The van der Waals surface area contributed by atoms with Crippen molar-refractivity contribution in [3.8, 4) is 0 Å². The molecule has 92 valence electrons. The number of benzene rings is 1. The molecule has 5 heteroatoms. The Bertz CT molecular complexity index is 445. The summed E-state index contributed by atoms with van der Waals surface area (Å²) < 4.78 is 5.66. The van der Waals surface area contributed by atoms with E-state index < -0.39 is 11.3 Å². The van der Waals surface area contributed by atoms with Gasteiger partial charge in [-0.15, -0.1) is 11.6 Å². The van der Waals surface area contributed by atoms with Gasteiger partial charge in [-0.25, -0.2) is 4.79 Å². The lowest BCUT2D eigenvalue weighted by atomic mass is 10.0. The number of Topliss-reactive ketones (excluding diaryl/α,β-unsaturated/α-hetero) is 1. The maximum absolute atomic E-state index is 11.7. The van der Waals surface area contributed by atoms with Crippen molar-refractivity contribution in [3.05, 3.63) is 33.8 Å². The average Bonchev–Trinajstić information content (AvgIpc) is 2.28. The summed E-state index contributed by atoms with van der Waals surface area (Å²) in [5.74, 6) is -0.685. The van der Waals surface area contributed by atoms with Crippen LogP contribution in [0.25, 0.3) is 0 Å². The number of alkyl halides is 1. The Kier molecular flexibility index (Phi) is 5.15. The Labute approximate surface area is 113 Å². The minimum atomic E-state index is -0.831. The third-order valence-corrected chi connectivity index (χ3v) is 3.18. The van der Waals surface area contributed by atoms with E-state index in [1.807, 2.05) is 0 Å². The van der Waals surface area contributed by atoms with Crippen LogP contribution in [0.5, 0.6) is 0 Å². The largest absolute Gasteiger partial charge is 0.462 e. The highest BCUT2D eigenvalue weighted by atomic mass is 79.9. The second-order valence-electron chi connectivity index (χ2n) is 3.43. The van der Waals surface area contributed by atoms with Crippen LogP contribution in [0.15, 0.2) is 22.7 Å². The molecular weight excluding hydrogens is 307 g/mol. The fraction of sp³-hybridized carbons (Fsp3) is 0.333. The molecule has 0 aliphatic heterocycles. The molecule has 0 N–H and O–H groups in total. The first-order valence-corrected chi connectivity index (χ1v) is 6.31. The van der Waals surface area contributed by atoms with Gasteiger partial charge in [0.25, 0.3) is 0 Å². The van der Waals surface area contributed by atoms with Crippen LogP contribution >= 0.6 is 27.5 Å². The molecule has 0 saturated carbocycles. The molecule has 0 aromatic heterocycles. The van der Waals surface area contributed by atoms with Gasteiger partial charge < -0.3 is 4.74 Å². The SMILES string of the molecule is CCOC(=O)c1cc(Br)ccc1C(Cl)C(C)=O. The van der Waals surface area contributed by atoms with Crippen LogP contribution in [0.2, 0.25) is 0 Å². The van der Waals surface area contributed by atoms with Crippen LogP contribution in [0.4, 0.5) is 0 Å². The first-order chi connectivity index (χ1) is 7.97. The molecular formula is C12H12BrClO3. The predicted molar refractivity (Wildman–Crippen MR) is 69.4 cm³/mol. The van der Waals surface area contributed by atoms with E-state index in [2.05, 4.69) is 15.9 Å². The van der Waals surface area contributed by atoms with Crippen molar-refractivity contribution in [3.63, 3.8) is 0 Å². The molecule has 0 aliphatic rings. The summed E-state index contributed by atoms with van der Waals surface area (Å²) in [5, 5.41) is -0.831. The molecule has 1 atom stereocenters. The zero-order chi connectivity index (χ0) is 13.0. The van der Waals surface area contributed by atoms with E-state index in [0.717, 1.165) is 4.47 Å². The van der Waals surface area contributed by atoms with Crippen LogP contribution in [-0.4, -0.2) is 18.4 Å². The number of hydrogen-bond donors (Lipinski definition) is 0. The molecule has 0 bridgehead atoms. The highest BCUT2D eigenvalue weighted by Crippen LogP contribution is 2.28. The summed E-state index contributed by atoms with van der Waals surface area (Å²) in [6.45, 7) is 3.38. The first kappa shape index (κ1) is 14.2. The van der Waals surface area contributed by atoms with Gasteiger partial charge in [-0.3, -0.25) is 4.79 Å². The van der Waals surface area contributed by atoms with Gasteiger partial charge in [-0.1, -0.05) is 22.0 Å². The van der Waals surface area contributed by atoms with E-state index in [0.29, 0.717) is 11.1 Å². The van der Waals surface area contributed by atoms with Gasteiger partial charge in [0.2, 0.25) is 0 Å². The van der Waals surface area contributed by atoms with Crippen LogP contribution in [0.3, 0.4) is 0 Å². The van der Waals surface area contributed by atoms with Crippen molar-refractivity contribution in [1.29, 1.82) is 0 Å². The summed E-state index contributed by atoms with van der Waals surface area (Å²) >= 11 is 9.24. The van der Waals surface area contributed by atoms with Crippen molar-refractivity contribution in [2.45, 2.75) is 19.2 Å². The van der Waals surface area contributed by atoms with Gasteiger partial charge in [0.05, 0.1) is 12.2 Å². The number of ketones is 1. The minimum Gasteiger partial charge on any atom is -0.462 e. The molecule has 1 aromatic carbocycles. The maximum Gasteiger partial charge on any atom is 0.338 e. The van der Waals surface area contributed by atoms with Crippen molar-refractivity contribution < 1.29 is 14.3 Å². The summed E-state index contributed by atoms with van der Waals surface area (Å²) in [7, 11) is 0. The predicted octanol–water partition coefficient (Wildman–Crippen LogP) is 3.49. The van der Waals surface area contributed by atoms with E-state index in [1.54, 1.807) is 25.1 Å². The molecule has 3 nitrogen and oxygen atoms in total. The molecule has 1 aromatic rings. The zero-order valence-electron chi connectivity index (χ0n) is 9.50. The molecule has 17 heavy (non-hydrogen) atoms.